The Balaban J connectivity index is 2.75. The van der Waals surface area contributed by atoms with Crippen LogP contribution >= 0.6 is 0 Å². The maximum atomic E-state index is 11.8. The molecule has 0 atom stereocenters. The van der Waals surface area contributed by atoms with Crippen LogP contribution in [-0.4, -0.2) is 32.4 Å². The smallest absolute Gasteiger partial charge is 0.303 e. The van der Waals surface area contributed by atoms with Gasteiger partial charge in [0.2, 0.25) is 10.0 Å². The quantitative estimate of drug-likeness (QED) is 0.794. The van der Waals surface area contributed by atoms with Gasteiger partial charge < -0.3 is 9.84 Å². The van der Waals surface area contributed by atoms with Crippen molar-refractivity contribution >= 4 is 21.7 Å². The maximum Gasteiger partial charge on any atom is 0.303 e. The highest BCUT2D eigenvalue weighted by atomic mass is 32.2. The Labute approximate surface area is 112 Å². The fraction of sp³-hybridized carbons (Fsp3) is 0.417. The summed E-state index contributed by atoms with van der Waals surface area (Å²) in [5.41, 5.74) is 1.30. The average molecular weight is 287 g/mol. The lowest BCUT2D eigenvalue weighted by Gasteiger charge is -2.12. The van der Waals surface area contributed by atoms with Crippen molar-refractivity contribution < 1.29 is 23.1 Å². The predicted molar refractivity (Wildman–Crippen MR) is 72.0 cm³/mol. The van der Waals surface area contributed by atoms with Crippen LogP contribution in [0.5, 0.6) is 5.75 Å². The van der Waals surface area contributed by atoms with Gasteiger partial charge in [0.05, 0.1) is 18.6 Å². The highest BCUT2D eigenvalue weighted by Crippen LogP contribution is 2.26. The Morgan fingerprint density at radius 3 is 2.68 bits per heavy atom. The number of rotatable bonds is 7. The molecule has 0 saturated carbocycles. The summed E-state index contributed by atoms with van der Waals surface area (Å²) < 4.78 is 31.0. The largest absolute Gasteiger partial charge is 0.495 e. The van der Waals surface area contributed by atoms with Crippen LogP contribution in [0.1, 0.15) is 18.4 Å². The van der Waals surface area contributed by atoms with Crippen molar-refractivity contribution in [2.75, 3.05) is 17.6 Å². The standard InChI is InChI=1S/C12H17NO5S/c1-9-5-6-10(11(8-9)18-2)13-19(16,17)7-3-4-12(14)15/h5-6,8,13H,3-4,7H2,1-2H3,(H,14,15). The van der Waals surface area contributed by atoms with E-state index in [1.807, 2.05) is 6.92 Å². The van der Waals surface area contributed by atoms with Crippen molar-refractivity contribution in [2.45, 2.75) is 19.8 Å². The summed E-state index contributed by atoms with van der Waals surface area (Å²) in [6, 6.07) is 5.09. The van der Waals surface area contributed by atoms with Crippen molar-refractivity contribution in [3.63, 3.8) is 0 Å². The molecule has 106 valence electrons. The van der Waals surface area contributed by atoms with Crippen LogP contribution in [0.25, 0.3) is 0 Å². The van der Waals surface area contributed by atoms with Gasteiger partial charge in [-0.05, 0) is 31.0 Å². The van der Waals surface area contributed by atoms with Crippen LogP contribution < -0.4 is 9.46 Å². The van der Waals surface area contributed by atoms with E-state index in [4.69, 9.17) is 9.84 Å². The van der Waals surface area contributed by atoms with Gasteiger partial charge in [-0.3, -0.25) is 9.52 Å². The second-order valence-electron chi connectivity index (χ2n) is 4.12. The Morgan fingerprint density at radius 2 is 2.11 bits per heavy atom. The molecule has 0 aromatic heterocycles. The molecular weight excluding hydrogens is 270 g/mol. The first-order valence-electron chi connectivity index (χ1n) is 5.71. The Morgan fingerprint density at radius 1 is 1.42 bits per heavy atom. The van der Waals surface area contributed by atoms with E-state index in [0.717, 1.165) is 5.56 Å². The fourth-order valence-electron chi connectivity index (χ4n) is 1.51. The molecule has 1 aromatic carbocycles. The van der Waals surface area contributed by atoms with E-state index >= 15 is 0 Å². The molecule has 0 aliphatic heterocycles. The first kappa shape index (κ1) is 15.3. The van der Waals surface area contributed by atoms with E-state index in [1.54, 1.807) is 18.2 Å². The second kappa shape index (κ2) is 6.42. The predicted octanol–water partition coefficient (Wildman–Crippen LogP) is 1.61. The number of ether oxygens (including phenoxy) is 1. The normalized spacial score (nSPS) is 11.1. The summed E-state index contributed by atoms with van der Waals surface area (Å²) in [5.74, 6) is -0.819. The number of anilines is 1. The molecule has 0 heterocycles. The van der Waals surface area contributed by atoms with E-state index in [-0.39, 0.29) is 18.6 Å². The number of carbonyl (C=O) groups is 1. The van der Waals surface area contributed by atoms with E-state index in [9.17, 15) is 13.2 Å². The minimum Gasteiger partial charge on any atom is -0.495 e. The van der Waals surface area contributed by atoms with Crippen LogP contribution in [0.15, 0.2) is 18.2 Å². The number of benzene rings is 1. The zero-order valence-electron chi connectivity index (χ0n) is 10.8. The molecule has 6 nitrogen and oxygen atoms in total. The van der Waals surface area contributed by atoms with Crippen molar-refractivity contribution in [3.8, 4) is 5.75 Å². The molecule has 2 N–H and O–H groups in total. The summed E-state index contributed by atoms with van der Waals surface area (Å²) in [6.07, 6.45) is -0.106. The Bertz CT molecular complexity index is 553. The number of carboxylic acid groups (broad SMARTS) is 1. The molecule has 19 heavy (non-hydrogen) atoms. The molecule has 0 fully saturated rings. The topological polar surface area (TPSA) is 92.7 Å². The number of sulfonamides is 1. The van der Waals surface area contributed by atoms with Crippen molar-refractivity contribution in [3.05, 3.63) is 23.8 Å². The molecule has 0 aliphatic rings. The summed E-state index contributed by atoms with van der Waals surface area (Å²) >= 11 is 0. The lowest BCUT2D eigenvalue weighted by Crippen LogP contribution is -2.18. The van der Waals surface area contributed by atoms with Crippen LogP contribution in [0.4, 0.5) is 5.69 Å². The summed E-state index contributed by atoms with van der Waals surface area (Å²) in [5, 5.41) is 8.48. The van der Waals surface area contributed by atoms with Crippen LogP contribution in [-0.2, 0) is 14.8 Å². The van der Waals surface area contributed by atoms with Gasteiger partial charge in [0.1, 0.15) is 5.75 Å². The van der Waals surface area contributed by atoms with Gasteiger partial charge in [0.25, 0.3) is 0 Å². The highest BCUT2D eigenvalue weighted by molar-refractivity contribution is 7.92. The highest BCUT2D eigenvalue weighted by Gasteiger charge is 2.14. The lowest BCUT2D eigenvalue weighted by molar-refractivity contribution is -0.137. The van der Waals surface area contributed by atoms with Gasteiger partial charge >= 0.3 is 5.97 Å². The molecule has 7 heteroatoms. The Hall–Kier alpha value is -1.76. The van der Waals surface area contributed by atoms with Gasteiger partial charge in [-0.1, -0.05) is 6.07 Å². The second-order valence-corrected chi connectivity index (χ2v) is 5.96. The third-order valence-corrected chi connectivity index (χ3v) is 3.78. The van der Waals surface area contributed by atoms with Crippen LogP contribution in [0.2, 0.25) is 0 Å². The zero-order valence-corrected chi connectivity index (χ0v) is 11.7. The van der Waals surface area contributed by atoms with Crippen LogP contribution in [0, 0.1) is 6.92 Å². The SMILES string of the molecule is COc1cc(C)ccc1NS(=O)(=O)CCCC(=O)O. The van der Waals surface area contributed by atoms with E-state index in [1.165, 1.54) is 7.11 Å². The molecule has 0 aliphatic carbocycles. The van der Waals surface area contributed by atoms with Gasteiger partial charge in [-0.15, -0.1) is 0 Å². The summed E-state index contributed by atoms with van der Waals surface area (Å²) in [7, 11) is -2.11. The number of aryl methyl sites for hydroxylation is 1. The first-order chi connectivity index (χ1) is 8.84. The van der Waals surface area contributed by atoms with Gasteiger partial charge in [-0.2, -0.15) is 0 Å². The summed E-state index contributed by atoms with van der Waals surface area (Å²) in [6.45, 7) is 1.87. The zero-order chi connectivity index (χ0) is 14.5. The van der Waals surface area contributed by atoms with Crippen molar-refractivity contribution in [1.29, 1.82) is 0 Å². The average Bonchev–Trinajstić information content (AvgIpc) is 2.30. The molecular formula is C12H17NO5S. The molecule has 0 bridgehead atoms. The number of hydrogen-bond donors (Lipinski definition) is 2. The molecule has 0 saturated heterocycles. The number of methoxy groups -OCH3 is 1. The number of nitrogens with one attached hydrogen (secondary N) is 1. The summed E-state index contributed by atoms with van der Waals surface area (Å²) in [4.78, 5) is 10.3. The van der Waals surface area contributed by atoms with Crippen LogP contribution in [0.3, 0.4) is 0 Å². The monoisotopic (exact) mass is 287 g/mol. The van der Waals surface area contributed by atoms with Crippen molar-refractivity contribution in [1.82, 2.24) is 0 Å². The molecule has 1 aromatic rings. The number of carboxylic acids is 1. The maximum absolute atomic E-state index is 11.8. The Kier molecular flexibility index (Phi) is 5.17. The fourth-order valence-corrected chi connectivity index (χ4v) is 2.64. The lowest BCUT2D eigenvalue weighted by atomic mass is 10.2. The van der Waals surface area contributed by atoms with Crippen molar-refractivity contribution in [2.24, 2.45) is 0 Å². The van der Waals surface area contributed by atoms with E-state index < -0.39 is 16.0 Å². The van der Waals surface area contributed by atoms with Gasteiger partial charge in [0.15, 0.2) is 0 Å². The first-order valence-corrected chi connectivity index (χ1v) is 7.36. The van der Waals surface area contributed by atoms with E-state index in [2.05, 4.69) is 4.72 Å². The minimum absolute atomic E-state index is 0.0683. The van der Waals surface area contributed by atoms with E-state index in [0.29, 0.717) is 11.4 Å². The number of hydrogen-bond acceptors (Lipinski definition) is 4. The third kappa shape index (κ3) is 5.17. The van der Waals surface area contributed by atoms with Gasteiger partial charge in [0, 0.05) is 6.42 Å². The molecule has 0 unspecified atom stereocenters. The molecule has 0 spiro atoms. The van der Waals surface area contributed by atoms with Gasteiger partial charge in [-0.25, -0.2) is 8.42 Å². The number of aliphatic carboxylic acids is 1. The molecule has 0 radical (unpaired) electrons. The third-order valence-electron chi connectivity index (χ3n) is 2.43. The molecule has 1 rings (SSSR count). The molecule has 0 amide bonds. The minimum atomic E-state index is -3.57.